The minimum absolute atomic E-state index is 0.219. The van der Waals surface area contributed by atoms with Crippen LogP contribution in [-0.4, -0.2) is 30.8 Å². The lowest BCUT2D eigenvalue weighted by atomic mass is 10.1. The fraction of sp³-hybridized carbons (Fsp3) is 0.357. The number of nitrogens with one attached hydrogen (secondary N) is 2. The molecule has 1 aromatic carbocycles. The Kier molecular flexibility index (Phi) is 6.01. The second-order valence-corrected chi connectivity index (χ2v) is 4.40. The Hall–Kier alpha value is -2.75. The highest BCUT2D eigenvalue weighted by Gasteiger charge is 2.13. The molecule has 3 N–H and O–H groups in total. The Bertz CT molecular complexity index is 566. The van der Waals surface area contributed by atoms with Crippen molar-refractivity contribution in [2.24, 2.45) is 5.92 Å². The summed E-state index contributed by atoms with van der Waals surface area (Å²) in [5.41, 5.74) is 0.565. The van der Waals surface area contributed by atoms with Crippen molar-refractivity contribution in [2.75, 3.05) is 19.0 Å². The van der Waals surface area contributed by atoms with E-state index in [1.54, 1.807) is 25.1 Å². The van der Waals surface area contributed by atoms with E-state index in [9.17, 15) is 9.59 Å². The highest BCUT2D eigenvalue weighted by Crippen LogP contribution is 2.27. The number of benzene rings is 1. The summed E-state index contributed by atoms with van der Waals surface area (Å²) in [4.78, 5) is 22.4. The molecule has 1 atom stereocenters. The summed E-state index contributed by atoms with van der Waals surface area (Å²) in [6.45, 7) is 1.78. The van der Waals surface area contributed by atoms with Crippen LogP contribution in [0.25, 0.3) is 0 Å². The minimum atomic E-state index is -0.909. The lowest BCUT2D eigenvalue weighted by molar-refractivity contribution is -0.141. The monoisotopic (exact) mass is 291 g/mol. The standard InChI is InChI=1S/C14H17N3O4/c1-9(13(18)19)6-7-16-14(20)17-12-10(8-15)4-3-5-11(12)21-2/h3-5,9H,6-7H2,1-2H3,(H,18,19)(H2,16,17,20). The zero-order chi connectivity index (χ0) is 15.8. The Morgan fingerprint density at radius 2 is 2.19 bits per heavy atom. The molecule has 0 saturated carbocycles. The number of hydrogen-bond acceptors (Lipinski definition) is 4. The Morgan fingerprint density at radius 1 is 1.48 bits per heavy atom. The van der Waals surface area contributed by atoms with E-state index in [1.807, 2.05) is 6.07 Å². The number of para-hydroxylation sites is 1. The first-order chi connectivity index (χ1) is 9.99. The van der Waals surface area contributed by atoms with E-state index in [-0.39, 0.29) is 17.8 Å². The van der Waals surface area contributed by atoms with Gasteiger partial charge in [0.2, 0.25) is 0 Å². The lowest BCUT2D eigenvalue weighted by Gasteiger charge is -2.13. The minimum Gasteiger partial charge on any atom is -0.495 e. The second-order valence-electron chi connectivity index (χ2n) is 4.40. The molecule has 0 bridgehead atoms. The number of ether oxygens (including phenoxy) is 1. The molecule has 0 radical (unpaired) electrons. The number of carbonyl (C=O) groups excluding carboxylic acids is 1. The Labute approximate surface area is 122 Å². The van der Waals surface area contributed by atoms with Crippen molar-refractivity contribution >= 4 is 17.7 Å². The normalized spacial score (nSPS) is 11.1. The Morgan fingerprint density at radius 3 is 2.76 bits per heavy atom. The van der Waals surface area contributed by atoms with Crippen LogP contribution in [0.5, 0.6) is 5.75 Å². The molecule has 112 valence electrons. The van der Waals surface area contributed by atoms with Gasteiger partial charge in [-0.3, -0.25) is 4.79 Å². The third-order valence-corrected chi connectivity index (χ3v) is 2.89. The predicted octanol–water partition coefficient (Wildman–Crippen LogP) is 1.80. The van der Waals surface area contributed by atoms with E-state index in [0.717, 1.165) is 0 Å². The first kappa shape index (κ1) is 16.3. The maximum absolute atomic E-state index is 11.8. The molecule has 21 heavy (non-hydrogen) atoms. The lowest BCUT2D eigenvalue weighted by Crippen LogP contribution is -2.31. The van der Waals surface area contributed by atoms with E-state index in [4.69, 9.17) is 15.1 Å². The first-order valence-electron chi connectivity index (χ1n) is 6.34. The summed E-state index contributed by atoms with van der Waals surface area (Å²) < 4.78 is 5.09. The highest BCUT2D eigenvalue weighted by molar-refractivity contribution is 5.92. The zero-order valence-corrected chi connectivity index (χ0v) is 11.8. The van der Waals surface area contributed by atoms with Crippen molar-refractivity contribution in [3.8, 4) is 11.8 Å². The van der Waals surface area contributed by atoms with E-state index in [1.165, 1.54) is 7.11 Å². The van der Waals surface area contributed by atoms with Gasteiger partial charge in [-0.1, -0.05) is 13.0 Å². The fourth-order valence-electron chi connectivity index (χ4n) is 1.61. The van der Waals surface area contributed by atoms with Gasteiger partial charge >= 0.3 is 12.0 Å². The van der Waals surface area contributed by atoms with Crippen LogP contribution in [-0.2, 0) is 4.79 Å². The summed E-state index contributed by atoms with van der Waals surface area (Å²) in [6.07, 6.45) is 0.319. The number of hydrogen-bond donors (Lipinski definition) is 3. The Balaban J connectivity index is 2.63. The smallest absolute Gasteiger partial charge is 0.319 e. The molecule has 0 aliphatic carbocycles. The molecule has 0 aliphatic heterocycles. The summed E-state index contributed by atoms with van der Waals surface area (Å²) in [5, 5.41) is 22.8. The number of nitrogens with zero attached hydrogens (tertiary/aromatic N) is 1. The fourth-order valence-corrected chi connectivity index (χ4v) is 1.61. The van der Waals surface area contributed by atoms with Crippen LogP contribution in [0, 0.1) is 17.2 Å². The molecule has 7 nitrogen and oxygen atoms in total. The van der Waals surface area contributed by atoms with Crippen LogP contribution in [0.4, 0.5) is 10.5 Å². The number of carboxylic acids is 1. The van der Waals surface area contributed by atoms with Gasteiger partial charge in [-0.05, 0) is 18.6 Å². The maximum Gasteiger partial charge on any atom is 0.319 e. The average molecular weight is 291 g/mol. The highest BCUT2D eigenvalue weighted by atomic mass is 16.5. The van der Waals surface area contributed by atoms with Gasteiger partial charge in [0, 0.05) is 6.54 Å². The molecule has 0 aliphatic rings. The number of carboxylic acid groups (broad SMARTS) is 1. The molecule has 0 fully saturated rings. The molecule has 1 aromatic rings. The molecular weight excluding hydrogens is 274 g/mol. The molecule has 0 spiro atoms. The van der Waals surface area contributed by atoms with Crippen molar-refractivity contribution < 1.29 is 19.4 Å². The molecule has 0 saturated heterocycles. The number of amides is 2. The van der Waals surface area contributed by atoms with Crippen molar-refractivity contribution in [2.45, 2.75) is 13.3 Å². The molecular formula is C14H17N3O4. The summed E-state index contributed by atoms with van der Waals surface area (Å²) in [6, 6.07) is 6.28. The van der Waals surface area contributed by atoms with Crippen LogP contribution in [0.3, 0.4) is 0 Å². The van der Waals surface area contributed by atoms with Crippen molar-refractivity contribution in [1.82, 2.24) is 5.32 Å². The molecule has 0 heterocycles. The van der Waals surface area contributed by atoms with E-state index in [0.29, 0.717) is 12.2 Å². The first-order valence-corrected chi connectivity index (χ1v) is 6.34. The number of nitriles is 1. The second kappa shape index (κ2) is 7.75. The number of urea groups is 1. The van der Waals surface area contributed by atoms with Crippen LogP contribution in [0.2, 0.25) is 0 Å². The third kappa shape index (κ3) is 4.69. The summed E-state index contributed by atoms with van der Waals surface area (Å²) in [5.74, 6) is -1.07. The van der Waals surface area contributed by atoms with Gasteiger partial charge in [-0.2, -0.15) is 5.26 Å². The van der Waals surface area contributed by atoms with E-state index in [2.05, 4.69) is 10.6 Å². The number of carbonyl (C=O) groups is 2. The molecule has 1 rings (SSSR count). The van der Waals surface area contributed by atoms with Crippen LogP contribution >= 0.6 is 0 Å². The van der Waals surface area contributed by atoms with Crippen LogP contribution < -0.4 is 15.4 Å². The molecule has 0 aromatic heterocycles. The molecule has 7 heteroatoms. The largest absolute Gasteiger partial charge is 0.495 e. The average Bonchev–Trinajstić information content (AvgIpc) is 2.47. The SMILES string of the molecule is COc1cccc(C#N)c1NC(=O)NCCC(C)C(=O)O. The van der Waals surface area contributed by atoms with Gasteiger partial charge in [-0.15, -0.1) is 0 Å². The van der Waals surface area contributed by atoms with Gasteiger partial charge in [0.05, 0.1) is 18.6 Å². The molecule has 1 unspecified atom stereocenters. The number of rotatable bonds is 6. The van der Waals surface area contributed by atoms with Gasteiger partial charge in [0.15, 0.2) is 0 Å². The van der Waals surface area contributed by atoms with E-state index < -0.39 is 17.9 Å². The summed E-state index contributed by atoms with van der Waals surface area (Å²) >= 11 is 0. The van der Waals surface area contributed by atoms with Crippen molar-refractivity contribution in [3.63, 3.8) is 0 Å². The van der Waals surface area contributed by atoms with Crippen molar-refractivity contribution in [3.05, 3.63) is 23.8 Å². The van der Waals surface area contributed by atoms with Gasteiger partial charge in [0.1, 0.15) is 17.5 Å². The number of anilines is 1. The molecule has 2 amide bonds. The number of methoxy groups -OCH3 is 1. The predicted molar refractivity (Wildman–Crippen MR) is 76.1 cm³/mol. The van der Waals surface area contributed by atoms with E-state index >= 15 is 0 Å². The van der Waals surface area contributed by atoms with Gasteiger partial charge in [-0.25, -0.2) is 4.79 Å². The van der Waals surface area contributed by atoms with Crippen molar-refractivity contribution in [1.29, 1.82) is 5.26 Å². The topological polar surface area (TPSA) is 111 Å². The van der Waals surface area contributed by atoms with Crippen LogP contribution in [0.1, 0.15) is 18.9 Å². The number of aliphatic carboxylic acids is 1. The quantitative estimate of drug-likeness (QED) is 0.740. The van der Waals surface area contributed by atoms with Gasteiger partial charge < -0.3 is 20.5 Å². The third-order valence-electron chi connectivity index (χ3n) is 2.89. The summed E-state index contributed by atoms with van der Waals surface area (Å²) in [7, 11) is 1.44. The van der Waals surface area contributed by atoms with Crippen LogP contribution in [0.15, 0.2) is 18.2 Å². The maximum atomic E-state index is 11.8. The zero-order valence-electron chi connectivity index (χ0n) is 11.8. The van der Waals surface area contributed by atoms with Gasteiger partial charge in [0.25, 0.3) is 0 Å².